The molecular weight excluding hydrogens is 267 g/mol. The molecule has 0 saturated carbocycles. The Kier molecular flexibility index (Phi) is 3.17. The smallest absolute Gasteiger partial charge is 0.416 e. The number of hydrogen-bond donors (Lipinski definition) is 1. The second-order valence-electron chi connectivity index (χ2n) is 3.61. The summed E-state index contributed by atoms with van der Waals surface area (Å²) < 4.78 is 37.2. The molecule has 0 atom stereocenters. The van der Waals surface area contributed by atoms with E-state index in [4.69, 9.17) is 11.6 Å². The van der Waals surface area contributed by atoms with Crippen molar-refractivity contribution in [2.24, 2.45) is 0 Å². The molecule has 1 aromatic heterocycles. The lowest BCUT2D eigenvalue weighted by Crippen LogP contribution is -2.04. The summed E-state index contributed by atoms with van der Waals surface area (Å²) in [5.41, 5.74) is 0.0947. The number of aromatic nitrogens is 1. The fraction of sp³-hybridized carbons (Fsp3) is 0.0833. The summed E-state index contributed by atoms with van der Waals surface area (Å²) in [6, 6.07) is 5.82. The van der Waals surface area contributed by atoms with Gasteiger partial charge in [-0.15, -0.1) is 0 Å². The average molecular weight is 274 g/mol. The van der Waals surface area contributed by atoms with Gasteiger partial charge in [0.1, 0.15) is 10.9 Å². The van der Waals surface area contributed by atoms with Crippen LogP contribution in [0.2, 0.25) is 5.15 Å². The molecule has 0 aliphatic heterocycles. The lowest BCUT2D eigenvalue weighted by Gasteiger charge is -2.08. The van der Waals surface area contributed by atoms with Crippen LogP contribution in [0, 0.1) is 0 Å². The minimum absolute atomic E-state index is 0.103. The van der Waals surface area contributed by atoms with Crippen molar-refractivity contribution in [3.05, 3.63) is 47.2 Å². The molecule has 94 valence electrons. The van der Waals surface area contributed by atoms with Crippen LogP contribution in [-0.2, 0) is 6.18 Å². The Morgan fingerprint density at radius 2 is 1.72 bits per heavy atom. The van der Waals surface area contributed by atoms with E-state index in [2.05, 4.69) is 4.98 Å². The summed E-state index contributed by atoms with van der Waals surface area (Å²) in [6.07, 6.45) is -3.21. The van der Waals surface area contributed by atoms with E-state index in [1.54, 1.807) is 0 Å². The predicted octanol–water partition coefficient (Wildman–Crippen LogP) is 4.13. The van der Waals surface area contributed by atoms with Gasteiger partial charge in [0, 0.05) is 5.56 Å². The second-order valence-corrected chi connectivity index (χ2v) is 3.97. The highest BCUT2D eigenvalue weighted by atomic mass is 35.5. The van der Waals surface area contributed by atoms with Crippen LogP contribution in [0.25, 0.3) is 11.1 Å². The van der Waals surface area contributed by atoms with Crippen LogP contribution in [0.1, 0.15) is 5.56 Å². The molecule has 1 heterocycles. The van der Waals surface area contributed by atoms with Gasteiger partial charge in [-0.3, -0.25) is 0 Å². The summed E-state index contributed by atoms with van der Waals surface area (Å²) in [5.74, 6) is -0.103. The van der Waals surface area contributed by atoms with E-state index in [9.17, 15) is 18.3 Å². The van der Waals surface area contributed by atoms with Gasteiger partial charge in [0.05, 0.1) is 11.8 Å². The van der Waals surface area contributed by atoms with Crippen molar-refractivity contribution in [2.75, 3.05) is 0 Å². The maximum atomic E-state index is 12.4. The van der Waals surface area contributed by atoms with Crippen LogP contribution in [0.4, 0.5) is 13.2 Å². The van der Waals surface area contributed by atoms with Crippen LogP contribution in [-0.4, -0.2) is 10.1 Å². The molecule has 0 radical (unpaired) electrons. The maximum absolute atomic E-state index is 12.4. The number of benzene rings is 1. The summed E-state index contributed by atoms with van der Waals surface area (Å²) in [4.78, 5) is 3.72. The Morgan fingerprint density at radius 3 is 2.28 bits per heavy atom. The summed E-state index contributed by atoms with van der Waals surface area (Å²) in [5, 5.41) is 9.40. The molecule has 0 amide bonds. The number of alkyl halides is 3. The van der Waals surface area contributed by atoms with Crippen molar-refractivity contribution in [3.63, 3.8) is 0 Å². The first-order valence-corrected chi connectivity index (χ1v) is 5.28. The van der Waals surface area contributed by atoms with Gasteiger partial charge in [0.15, 0.2) is 0 Å². The first-order chi connectivity index (χ1) is 8.38. The van der Waals surface area contributed by atoms with Gasteiger partial charge in [-0.25, -0.2) is 4.98 Å². The monoisotopic (exact) mass is 273 g/mol. The Morgan fingerprint density at radius 1 is 1.11 bits per heavy atom. The zero-order chi connectivity index (χ0) is 13.3. The van der Waals surface area contributed by atoms with Gasteiger partial charge >= 0.3 is 6.18 Å². The number of aromatic hydroxyl groups is 1. The molecule has 2 aromatic rings. The molecule has 6 heteroatoms. The molecule has 2 nitrogen and oxygen atoms in total. The fourth-order valence-electron chi connectivity index (χ4n) is 1.48. The zero-order valence-electron chi connectivity index (χ0n) is 8.87. The third kappa shape index (κ3) is 2.56. The Balaban J connectivity index is 2.43. The van der Waals surface area contributed by atoms with Crippen LogP contribution in [0.3, 0.4) is 0 Å². The summed E-state index contributed by atoms with van der Waals surface area (Å²) in [7, 11) is 0. The van der Waals surface area contributed by atoms with Gasteiger partial charge in [-0.2, -0.15) is 13.2 Å². The van der Waals surface area contributed by atoms with Crippen molar-refractivity contribution in [3.8, 4) is 16.9 Å². The fourth-order valence-corrected chi connectivity index (χ4v) is 1.69. The Hall–Kier alpha value is -1.75. The van der Waals surface area contributed by atoms with Crippen LogP contribution in [0.5, 0.6) is 5.75 Å². The van der Waals surface area contributed by atoms with Crippen molar-refractivity contribution >= 4 is 11.6 Å². The van der Waals surface area contributed by atoms with Crippen molar-refractivity contribution in [1.82, 2.24) is 4.98 Å². The molecule has 0 aliphatic carbocycles. The van der Waals surface area contributed by atoms with Crippen LogP contribution in [0.15, 0.2) is 36.5 Å². The second kappa shape index (κ2) is 4.49. The van der Waals surface area contributed by atoms with Gasteiger partial charge in [0.25, 0.3) is 0 Å². The molecule has 0 aliphatic rings. The highest BCUT2D eigenvalue weighted by Gasteiger charge is 2.30. The number of rotatable bonds is 1. The third-order valence-electron chi connectivity index (χ3n) is 2.35. The SMILES string of the molecule is Oc1cnc(Cl)c(-c2ccc(C(F)(F)F)cc2)c1. The maximum Gasteiger partial charge on any atom is 0.416 e. The van der Waals surface area contributed by atoms with E-state index >= 15 is 0 Å². The molecule has 0 bridgehead atoms. The molecule has 18 heavy (non-hydrogen) atoms. The first kappa shape index (κ1) is 12.7. The van der Waals surface area contributed by atoms with Gasteiger partial charge in [-0.1, -0.05) is 23.7 Å². The minimum Gasteiger partial charge on any atom is -0.506 e. The van der Waals surface area contributed by atoms with Gasteiger partial charge in [0.2, 0.25) is 0 Å². The van der Waals surface area contributed by atoms with E-state index in [1.165, 1.54) is 18.2 Å². The highest BCUT2D eigenvalue weighted by molar-refractivity contribution is 6.32. The van der Waals surface area contributed by atoms with E-state index in [0.717, 1.165) is 18.3 Å². The molecule has 1 N–H and O–H groups in total. The van der Waals surface area contributed by atoms with Crippen molar-refractivity contribution in [2.45, 2.75) is 6.18 Å². The predicted molar refractivity (Wildman–Crippen MR) is 61.3 cm³/mol. The normalized spacial score (nSPS) is 11.6. The van der Waals surface area contributed by atoms with Crippen LogP contribution < -0.4 is 0 Å². The van der Waals surface area contributed by atoms with E-state index in [1.807, 2.05) is 0 Å². The molecule has 2 rings (SSSR count). The van der Waals surface area contributed by atoms with Crippen molar-refractivity contribution in [1.29, 1.82) is 0 Å². The molecule has 0 fully saturated rings. The zero-order valence-corrected chi connectivity index (χ0v) is 9.63. The average Bonchev–Trinajstić information content (AvgIpc) is 2.31. The Bertz CT molecular complexity index is 567. The van der Waals surface area contributed by atoms with Crippen LogP contribution >= 0.6 is 11.6 Å². The Labute approximate surface area is 106 Å². The largest absolute Gasteiger partial charge is 0.506 e. The lowest BCUT2D eigenvalue weighted by atomic mass is 10.1. The minimum atomic E-state index is -4.38. The molecule has 0 unspecified atom stereocenters. The highest BCUT2D eigenvalue weighted by Crippen LogP contribution is 2.33. The number of pyridine rings is 1. The summed E-state index contributed by atoms with van der Waals surface area (Å²) in [6.45, 7) is 0. The first-order valence-electron chi connectivity index (χ1n) is 4.90. The van der Waals surface area contributed by atoms with E-state index in [0.29, 0.717) is 11.1 Å². The number of hydrogen-bond acceptors (Lipinski definition) is 2. The standard InChI is InChI=1S/C12H7ClF3NO/c13-11-10(5-9(18)6-17-11)7-1-3-8(4-2-7)12(14,15)16/h1-6,18H. The van der Waals surface area contributed by atoms with Gasteiger partial charge < -0.3 is 5.11 Å². The molecule has 0 spiro atoms. The topological polar surface area (TPSA) is 33.1 Å². The molecule has 1 aromatic carbocycles. The number of nitrogens with zero attached hydrogens (tertiary/aromatic N) is 1. The van der Waals surface area contributed by atoms with Crippen molar-refractivity contribution < 1.29 is 18.3 Å². The quantitative estimate of drug-likeness (QED) is 0.793. The number of halogens is 4. The van der Waals surface area contributed by atoms with Gasteiger partial charge in [-0.05, 0) is 23.8 Å². The van der Waals surface area contributed by atoms with E-state index in [-0.39, 0.29) is 10.9 Å². The third-order valence-corrected chi connectivity index (χ3v) is 2.65. The van der Waals surface area contributed by atoms with E-state index < -0.39 is 11.7 Å². The molecular formula is C12H7ClF3NO. The lowest BCUT2D eigenvalue weighted by molar-refractivity contribution is -0.137. The summed E-state index contributed by atoms with van der Waals surface area (Å²) >= 11 is 5.82. The molecule has 0 saturated heterocycles.